The molecule has 0 radical (unpaired) electrons. The van der Waals surface area contributed by atoms with Crippen LogP contribution in [-0.4, -0.2) is 4.92 Å². The van der Waals surface area contributed by atoms with Crippen LogP contribution in [0.2, 0.25) is 0 Å². The number of nitrogens with zero attached hydrogens (tertiary/aromatic N) is 1. The van der Waals surface area contributed by atoms with E-state index >= 15 is 0 Å². The first-order valence-electron chi connectivity index (χ1n) is 5.95. The molecule has 104 valence electrons. The van der Waals surface area contributed by atoms with Crippen LogP contribution in [0, 0.1) is 10.1 Å². The number of rotatable bonds is 5. The lowest BCUT2D eigenvalue weighted by Gasteiger charge is -2.08. The van der Waals surface area contributed by atoms with Gasteiger partial charge in [-0.15, -0.1) is 0 Å². The molecule has 2 rings (SSSR count). The van der Waals surface area contributed by atoms with Crippen molar-refractivity contribution in [3.63, 3.8) is 0 Å². The van der Waals surface area contributed by atoms with Crippen LogP contribution in [0.5, 0.6) is 0 Å². The molecule has 0 saturated carbocycles. The molecule has 0 saturated heterocycles. The zero-order valence-electron chi connectivity index (χ0n) is 10.5. The predicted molar refractivity (Wildman–Crippen MR) is 85.5 cm³/mol. The van der Waals surface area contributed by atoms with Gasteiger partial charge >= 0.3 is 0 Å². The van der Waals surface area contributed by atoms with E-state index in [9.17, 15) is 10.1 Å². The van der Waals surface area contributed by atoms with Gasteiger partial charge < -0.3 is 5.32 Å². The highest BCUT2D eigenvalue weighted by atomic mass is 79.9. The highest BCUT2D eigenvalue weighted by Gasteiger charge is 2.08. The maximum Gasteiger partial charge on any atom is 0.270 e. The average Bonchev–Trinajstić information content (AvgIpc) is 2.42. The molecule has 0 aliphatic carbocycles. The maximum absolute atomic E-state index is 10.7. The number of hydrogen-bond acceptors (Lipinski definition) is 3. The van der Waals surface area contributed by atoms with Crippen molar-refractivity contribution in [1.82, 2.24) is 5.32 Å². The summed E-state index contributed by atoms with van der Waals surface area (Å²) in [5, 5.41) is 14.0. The number of benzene rings is 2. The van der Waals surface area contributed by atoms with E-state index < -0.39 is 4.92 Å². The summed E-state index contributed by atoms with van der Waals surface area (Å²) >= 11 is 6.86. The van der Waals surface area contributed by atoms with E-state index in [1.807, 2.05) is 24.3 Å². The highest BCUT2D eigenvalue weighted by Crippen LogP contribution is 2.23. The third-order valence-corrected chi connectivity index (χ3v) is 4.35. The van der Waals surface area contributed by atoms with Gasteiger partial charge in [0, 0.05) is 34.2 Å². The van der Waals surface area contributed by atoms with Gasteiger partial charge in [-0.3, -0.25) is 10.1 Å². The fraction of sp³-hybridized carbons (Fsp3) is 0.143. The van der Waals surface area contributed by atoms with Crippen LogP contribution < -0.4 is 5.32 Å². The van der Waals surface area contributed by atoms with Gasteiger partial charge in [0.25, 0.3) is 5.69 Å². The Hall–Kier alpha value is -1.24. The van der Waals surface area contributed by atoms with Crippen molar-refractivity contribution in [1.29, 1.82) is 0 Å². The van der Waals surface area contributed by atoms with Gasteiger partial charge in [0.1, 0.15) is 0 Å². The zero-order valence-corrected chi connectivity index (χ0v) is 13.6. The van der Waals surface area contributed by atoms with Gasteiger partial charge in [-0.2, -0.15) is 0 Å². The average molecular weight is 400 g/mol. The lowest BCUT2D eigenvalue weighted by molar-refractivity contribution is -0.384. The molecule has 2 aromatic rings. The Bertz CT molecular complexity index is 632. The van der Waals surface area contributed by atoms with Gasteiger partial charge in [-0.1, -0.05) is 50.1 Å². The first-order valence-corrected chi connectivity index (χ1v) is 7.53. The fourth-order valence-corrected chi connectivity index (χ4v) is 2.70. The number of nitro benzene ring substituents is 1. The van der Waals surface area contributed by atoms with E-state index in [2.05, 4.69) is 37.2 Å². The maximum atomic E-state index is 10.7. The highest BCUT2D eigenvalue weighted by molar-refractivity contribution is 9.10. The summed E-state index contributed by atoms with van der Waals surface area (Å²) in [6.45, 7) is 1.37. The SMILES string of the molecule is O=[N+]([O-])c1ccc(CNCc2ccccc2Br)c(Br)c1. The molecule has 0 unspecified atom stereocenters. The molecule has 0 aliphatic rings. The van der Waals surface area contributed by atoms with Gasteiger partial charge in [-0.25, -0.2) is 0 Å². The van der Waals surface area contributed by atoms with Crippen LogP contribution in [-0.2, 0) is 13.1 Å². The van der Waals surface area contributed by atoms with Crippen molar-refractivity contribution in [3.05, 3.63) is 72.7 Å². The van der Waals surface area contributed by atoms with Crippen molar-refractivity contribution in [2.75, 3.05) is 0 Å². The number of nitro groups is 1. The van der Waals surface area contributed by atoms with E-state index in [4.69, 9.17) is 0 Å². The Labute approximate surface area is 133 Å². The van der Waals surface area contributed by atoms with E-state index in [0.29, 0.717) is 6.54 Å². The second kappa shape index (κ2) is 6.97. The quantitative estimate of drug-likeness (QED) is 0.598. The molecular formula is C14H12Br2N2O2. The molecular weight excluding hydrogens is 388 g/mol. The third kappa shape index (κ3) is 3.88. The van der Waals surface area contributed by atoms with Crippen molar-refractivity contribution in [3.8, 4) is 0 Å². The van der Waals surface area contributed by atoms with E-state index in [0.717, 1.165) is 21.1 Å². The van der Waals surface area contributed by atoms with Gasteiger partial charge in [0.05, 0.1) is 4.92 Å². The largest absolute Gasteiger partial charge is 0.309 e. The molecule has 0 atom stereocenters. The summed E-state index contributed by atoms with van der Waals surface area (Å²) in [6, 6.07) is 12.8. The summed E-state index contributed by atoms with van der Waals surface area (Å²) in [5.41, 5.74) is 2.25. The lowest BCUT2D eigenvalue weighted by Crippen LogP contribution is -2.13. The summed E-state index contributed by atoms with van der Waals surface area (Å²) in [5.74, 6) is 0. The molecule has 1 N–H and O–H groups in total. The zero-order chi connectivity index (χ0) is 14.5. The smallest absolute Gasteiger partial charge is 0.270 e. The third-order valence-electron chi connectivity index (χ3n) is 2.84. The molecule has 0 bridgehead atoms. The standard InChI is InChI=1S/C14H12Br2N2O2/c15-13-4-2-1-3-10(13)8-17-9-11-5-6-12(18(19)20)7-14(11)16/h1-7,17H,8-9H2. The normalized spacial score (nSPS) is 10.5. The first-order chi connectivity index (χ1) is 9.58. The molecule has 0 aromatic heterocycles. The molecule has 0 amide bonds. The molecule has 2 aromatic carbocycles. The van der Waals surface area contributed by atoms with Crippen molar-refractivity contribution in [2.45, 2.75) is 13.1 Å². The predicted octanol–water partition coefficient (Wildman–Crippen LogP) is 4.41. The van der Waals surface area contributed by atoms with Crippen LogP contribution in [0.15, 0.2) is 51.4 Å². The van der Waals surface area contributed by atoms with E-state index in [1.165, 1.54) is 17.7 Å². The minimum atomic E-state index is -0.400. The second-order valence-electron chi connectivity index (χ2n) is 4.23. The Kier molecular flexibility index (Phi) is 5.28. The Morgan fingerprint density at radius 1 is 1.00 bits per heavy atom. The molecule has 20 heavy (non-hydrogen) atoms. The Morgan fingerprint density at radius 2 is 1.65 bits per heavy atom. The molecule has 0 spiro atoms. The molecule has 6 heteroatoms. The van der Waals surface area contributed by atoms with Crippen LogP contribution >= 0.6 is 31.9 Å². The number of nitrogens with one attached hydrogen (secondary N) is 1. The summed E-state index contributed by atoms with van der Waals surface area (Å²) < 4.78 is 1.81. The Balaban J connectivity index is 1.98. The first kappa shape index (κ1) is 15.2. The number of halogens is 2. The lowest BCUT2D eigenvalue weighted by atomic mass is 10.2. The van der Waals surface area contributed by atoms with Crippen LogP contribution in [0.25, 0.3) is 0 Å². The summed E-state index contributed by atoms with van der Waals surface area (Å²) in [7, 11) is 0. The Morgan fingerprint density at radius 3 is 2.25 bits per heavy atom. The molecule has 0 fully saturated rings. The minimum absolute atomic E-state index is 0.0893. The number of hydrogen-bond donors (Lipinski definition) is 1. The minimum Gasteiger partial charge on any atom is -0.309 e. The van der Waals surface area contributed by atoms with Crippen molar-refractivity contribution < 1.29 is 4.92 Å². The van der Waals surface area contributed by atoms with Crippen LogP contribution in [0.1, 0.15) is 11.1 Å². The fourth-order valence-electron chi connectivity index (χ4n) is 1.77. The molecule has 0 heterocycles. The second-order valence-corrected chi connectivity index (χ2v) is 5.94. The molecule has 0 aliphatic heterocycles. The monoisotopic (exact) mass is 398 g/mol. The van der Waals surface area contributed by atoms with Crippen molar-refractivity contribution >= 4 is 37.5 Å². The van der Waals surface area contributed by atoms with Crippen LogP contribution in [0.4, 0.5) is 5.69 Å². The topological polar surface area (TPSA) is 55.2 Å². The number of non-ortho nitro benzene ring substituents is 1. The van der Waals surface area contributed by atoms with Gasteiger partial charge in [-0.05, 0) is 23.3 Å². The summed E-state index contributed by atoms with van der Waals surface area (Å²) in [6.07, 6.45) is 0. The van der Waals surface area contributed by atoms with Gasteiger partial charge in [0.15, 0.2) is 0 Å². The van der Waals surface area contributed by atoms with E-state index in [-0.39, 0.29) is 5.69 Å². The van der Waals surface area contributed by atoms with Crippen LogP contribution in [0.3, 0.4) is 0 Å². The van der Waals surface area contributed by atoms with Gasteiger partial charge in [0.2, 0.25) is 0 Å². The van der Waals surface area contributed by atoms with Crippen molar-refractivity contribution in [2.24, 2.45) is 0 Å². The van der Waals surface area contributed by atoms with E-state index in [1.54, 1.807) is 6.07 Å². The summed E-state index contributed by atoms with van der Waals surface area (Å²) in [4.78, 5) is 10.3. The molecule has 4 nitrogen and oxygen atoms in total.